The first-order valence-electron chi connectivity index (χ1n) is 9.11. The summed E-state index contributed by atoms with van der Waals surface area (Å²) in [5.41, 5.74) is 0.0115. The van der Waals surface area contributed by atoms with Crippen LogP contribution in [-0.4, -0.2) is 58.0 Å². The molecular formula is C19H21ClN2O6S2. The number of methoxy groups -OCH3 is 1. The van der Waals surface area contributed by atoms with E-state index < -0.39 is 27.9 Å². The number of rotatable bonds is 7. The summed E-state index contributed by atoms with van der Waals surface area (Å²) in [4.78, 5) is 25.4. The number of nitrogens with zero attached hydrogens (tertiary/aromatic N) is 1. The van der Waals surface area contributed by atoms with Crippen molar-refractivity contribution >= 4 is 44.8 Å². The van der Waals surface area contributed by atoms with Crippen molar-refractivity contribution in [2.75, 3.05) is 33.4 Å². The highest BCUT2D eigenvalue weighted by molar-refractivity contribution is 7.89. The average Bonchev–Trinajstić information content (AvgIpc) is 3.28. The Labute approximate surface area is 183 Å². The number of amides is 1. The van der Waals surface area contributed by atoms with Crippen LogP contribution in [0.5, 0.6) is 0 Å². The standard InChI is InChI=1S/C19H21ClN2O6S2/c1-27-18(23)12-16(17-3-2-10-29-17)21-19(24)14-11-13(4-5-15(14)20)30(25,26)22-6-8-28-9-7-22/h2-5,10-11,16H,6-9,12H2,1H3,(H,21,24). The van der Waals surface area contributed by atoms with Gasteiger partial charge in [-0.05, 0) is 29.6 Å². The first kappa shape index (κ1) is 22.7. The number of esters is 1. The van der Waals surface area contributed by atoms with Crippen LogP contribution in [0, 0.1) is 0 Å². The van der Waals surface area contributed by atoms with E-state index in [0.717, 1.165) is 4.88 Å². The van der Waals surface area contributed by atoms with Gasteiger partial charge in [-0.15, -0.1) is 11.3 Å². The minimum absolute atomic E-state index is 0.0115. The fourth-order valence-electron chi connectivity index (χ4n) is 2.97. The van der Waals surface area contributed by atoms with E-state index in [1.807, 2.05) is 5.38 Å². The van der Waals surface area contributed by atoms with Crippen LogP contribution in [0.4, 0.5) is 0 Å². The van der Waals surface area contributed by atoms with E-state index in [4.69, 9.17) is 21.1 Å². The van der Waals surface area contributed by atoms with Crippen LogP contribution in [0.3, 0.4) is 0 Å². The van der Waals surface area contributed by atoms with Gasteiger partial charge in [0.2, 0.25) is 10.0 Å². The molecule has 0 spiro atoms. The molecule has 0 saturated carbocycles. The fraction of sp³-hybridized carbons (Fsp3) is 0.368. The van der Waals surface area contributed by atoms with Crippen LogP contribution in [0.25, 0.3) is 0 Å². The molecule has 8 nitrogen and oxygen atoms in total. The minimum Gasteiger partial charge on any atom is -0.469 e. The summed E-state index contributed by atoms with van der Waals surface area (Å²) in [5.74, 6) is -1.07. The van der Waals surface area contributed by atoms with Crippen LogP contribution in [0.2, 0.25) is 5.02 Å². The van der Waals surface area contributed by atoms with E-state index in [1.54, 1.807) is 12.1 Å². The lowest BCUT2D eigenvalue weighted by Gasteiger charge is -2.26. The molecule has 2 aromatic rings. The van der Waals surface area contributed by atoms with Gasteiger partial charge in [0, 0.05) is 18.0 Å². The van der Waals surface area contributed by atoms with Crippen molar-refractivity contribution in [3.63, 3.8) is 0 Å². The number of ether oxygens (including phenoxy) is 2. The van der Waals surface area contributed by atoms with Crippen molar-refractivity contribution in [1.82, 2.24) is 9.62 Å². The van der Waals surface area contributed by atoms with Crippen LogP contribution in [0.15, 0.2) is 40.6 Å². The highest BCUT2D eigenvalue weighted by Crippen LogP contribution is 2.26. The van der Waals surface area contributed by atoms with Crippen molar-refractivity contribution in [3.8, 4) is 0 Å². The third-order valence-electron chi connectivity index (χ3n) is 4.58. The number of carbonyl (C=O) groups is 2. The topological polar surface area (TPSA) is 102 Å². The van der Waals surface area contributed by atoms with E-state index in [9.17, 15) is 18.0 Å². The molecule has 1 aliphatic heterocycles. The highest BCUT2D eigenvalue weighted by Gasteiger charge is 2.28. The number of thiophene rings is 1. The zero-order chi connectivity index (χ0) is 21.7. The SMILES string of the molecule is COC(=O)CC(NC(=O)c1cc(S(=O)(=O)N2CCOCC2)ccc1Cl)c1cccs1. The van der Waals surface area contributed by atoms with Gasteiger partial charge in [-0.3, -0.25) is 9.59 Å². The Morgan fingerprint density at radius 3 is 2.67 bits per heavy atom. The zero-order valence-corrected chi connectivity index (χ0v) is 18.6. The molecule has 1 unspecified atom stereocenters. The summed E-state index contributed by atoms with van der Waals surface area (Å²) in [7, 11) is -2.52. The van der Waals surface area contributed by atoms with Gasteiger partial charge in [0.15, 0.2) is 0 Å². The molecule has 1 amide bonds. The van der Waals surface area contributed by atoms with Gasteiger partial charge in [0.1, 0.15) is 0 Å². The fourth-order valence-corrected chi connectivity index (χ4v) is 5.39. The van der Waals surface area contributed by atoms with Crippen LogP contribution in [-0.2, 0) is 24.3 Å². The number of morpholine rings is 1. The summed E-state index contributed by atoms with van der Waals surface area (Å²) < 4.78 is 37.0. The normalized spacial score (nSPS) is 16.1. The van der Waals surface area contributed by atoms with E-state index in [0.29, 0.717) is 13.2 Å². The van der Waals surface area contributed by atoms with E-state index in [-0.39, 0.29) is 35.0 Å². The molecule has 1 aromatic carbocycles. The van der Waals surface area contributed by atoms with Crippen molar-refractivity contribution in [2.45, 2.75) is 17.4 Å². The van der Waals surface area contributed by atoms with Gasteiger partial charge in [-0.1, -0.05) is 17.7 Å². The summed E-state index contributed by atoms with van der Waals surface area (Å²) in [6, 6.07) is 6.98. The van der Waals surface area contributed by atoms with E-state index >= 15 is 0 Å². The molecular weight excluding hydrogens is 452 g/mol. The second kappa shape index (κ2) is 9.88. The first-order valence-corrected chi connectivity index (χ1v) is 11.8. The van der Waals surface area contributed by atoms with Gasteiger partial charge < -0.3 is 14.8 Å². The monoisotopic (exact) mass is 472 g/mol. The third kappa shape index (κ3) is 5.19. The molecule has 0 radical (unpaired) electrons. The summed E-state index contributed by atoms with van der Waals surface area (Å²) in [6.07, 6.45) is -0.0634. The maximum Gasteiger partial charge on any atom is 0.307 e. The number of hydrogen-bond donors (Lipinski definition) is 1. The van der Waals surface area contributed by atoms with Crippen molar-refractivity contribution in [1.29, 1.82) is 0 Å². The molecule has 11 heteroatoms. The quantitative estimate of drug-likeness (QED) is 0.621. The van der Waals surface area contributed by atoms with Gasteiger partial charge >= 0.3 is 5.97 Å². The largest absolute Gasteiger partial charge is 0.469 e. The average molecular weight is 473 g/mol. The lowest BCUT2D eigenvalue weighted by atomic mass is 10.1. The number of halogens is 1. The zero-order valence-electron chi connectivity index (χ0n) is 16.2. The first-order chi connectivity index (χ1) is 14.3. The predicted molar refractivity (Wildman–Crippen MR) is 112 cm³/mol. The molecule has 1 fully saturated rings. The summed E-state index contributed by atoms with van der Waals surface area (Å²) in [6.45, 7) is 1.12. The predicted octanol–water partition coefficient (Wildman–Crippen LogP) is 2.46. The Hall–Kier alpha value is -1.98. The smallest absolute Gasteiger partial charge is 0.307 e. The van der Waals surface area contributed by atoms with Gasteiger partial charge in [0.25, 0.3) is 5.91 Å². The molecule has 2 heterocycles. The number of sulfonamides is 1. The van der Waals surface area contributed by atoms with Crippen LogP contribution >= 0.6 is 22.9 Å². The summed E-state index contributed by atoms with van der Waals surface area (Å²) in [5, 5.41) is 4.69. The number of hydrogen-bond acceptors (Lipinski definition) is 7. The molecule has 1 atom stereocenters. The van der Waals surface area contributed by atoms with Gasteiger partial charge in [0.05, 0.1) is 48.3 Å². The number of benzene rings is 1. The lowest BCUT2D eigenvalue weighted by molar-refractivity contribution is -0.141. The Balaban J connectivity index is 1.86. The molecule has 0 aliphatic carbocycles. The van der Waals surface area contributed by atoms with Gasteiger partial charge in [-0.25, -0.2) is 8.42 Å². The molecule has 1 aliphatic rings. The second-order valence-electron chi connectivity index (χ2n) is 6.48. The molecule has 1 N–H and O–H groups in total. The molecule has 162 valence electrons. The number of carbonyl (C=O) groups excluding carboxylic acids is 2. The Bertz CT molecular complexity index is 1000. The third-order valence-corrected chi connectivity index (χ3v) is 7.79. The molecule has 1 saturated heterocycles. The summed E-state index contributed by atoms with van der Waals surface area (Å²) >= 11 is 7.57. The lowest BCUT2D eigenvalue weighted by Crippen LogP contribution is -2.40. The van der Waals surface area contributed by atoms with E-state index in [1.165, 1.54) is 41.0 Å². The second-order valence-corrected chi connectivity index (χ2v) is 9.80. The number of nitrogens with one attached hydrogen (secondary N) is 1. The minimum atomic E-state index is -3.79. The van der Waals surface area contributed by atoms with Crippen molar-refractivity contribution in [2.24, 2.45) is 0 Å². The maximum atomic E-state index is 12.9. The Morgan fingerprint density at radius 2 is 2.03 bits per heavy atom. The molecule has 30 heavy (non-hydrogen) atoms. The van der Waals surface area contributed by atoms with Crippen molar-refractivity contribution < 1.29 is 27.5 Å². The van der Waals surface area contributed by atoms with Crippen molar-refractivity contribution in [3.05, 3.63) is 51.2 Å². The van der Waals surface area contributed by atoms with Crippen LogP contribution in [0.1, 0.15) is 27.7 Å². The molecule has 0 bridgehead atoms. The van der Waals surface area contributed by atoms with Crippen LogP contribution < -0.4 is 5.32 Å². The highest BCUT2D eigenvalue weighted by atomic mass is 35.5. The molecule has 3 rings (SSSR count). The Morgan fingerprint density at radius 1 is 1.30 bits per heavy atom. The van der Waals surface area contributed by atoms with Gasteiger partial charge in [-0.2, -0.15) is 4.31 Å². The maximum absolute atomic E-state index is 12.9. The Kier molecular flexibility index (Phi) is 7.48. The molecule has 1 aromatic heterocycles. The van der Waals surface area contributed by atoms with E-state index in [2.05, 4.69) is 5.32 Å².